The Balaban J connectivity index is 1.68. The van der Waals surface area contributed by atoms with Crippen LogP contribution in [-0.4, -0.2) is 39.0 Å². The van der Waals surface area contributed by atoms with Crippen molar-refractivity contribution in [3.63, 3.8) is 0 Å². The van der Waals surface area contributed by atoms with Gasteiger partial charge >= 0.3 is 0 Å². The van der Waals surface area contributed by atoms with E-state index in [2.05, 4.69) is 11.4 Å². The van der Waals surface area contributed by atoms with Gasteiger partial charge in [0.15, 0.2) is 0 Å². The highest BCUT2D eigenvalue weighted by Crippen LogP contribution is 2.08. The van der Waals surface area contributed by atoms with Crippen molar-refractivity contribution in [1.29, 1.82) is 0 Å². The quantitative estimate of drug-likeness (QED) is 0.654. The van der Waals surface area contributed by atoms with Gasteiger partial charge in [-0.2, -0.15) is 0 Å². The number of nitrogens with one attached hydrogen (secondary N) is 1. The van der Waals surface area contributed by atoms with Crippen LogP contribution in [0.5, 0.6) is 0 Å². The maximum atomic E-state index is 5.29. The van der Waals surface area contributed by atoms with E-state index in [-0.39, 0.29) is 0 Å². The van der Waals surface area contributed by atoms with Crippen molar-refractivity contribution in [2.45, 2.75) is 18.9 Å². The average molecular weight is 183 g/mol. The molecule has 0 bridgehead atoms. The summed E-state index contributed by atoms with van der Waals surface area (Å²) < 4.78 is 10.5. The molecule has 2 heterocycles. The first-order chi connectivity index (χ1) is 6.45. The minimum Gasteiger partial charge on any atom is -0.380 e. The Bertz CT molecular complexity index is 185. The Morgan fingerprint density at radius 1 is 1.38 bits per heavy atom. The van der Waals surface area contributed by atoms with E-state index in [1.54, 1.807) is 0 Å². The number of rotatable bonds is 3. The molecule has 1 atom stereocenters. The van der Waals surface area contributed by atoms with Crippen LogP contribution in [0.25, 0.3) is 0 Å². The SMILES string of the molecule is C1=C(CNC2CCOC2)CCOC1. The predicted octanol–water partition coefficient (Wildman–Crippen LogP) is 0.712. The van der Waals surface area contributed by atoms with Gasteiger partial charge in [0.25, 0.3) is 0 Å². The molecule has 0 radical (unpaired) electrons. The van der Waals surface area contributed by atoms with Crippen LogP contribution in [-0.2, 0) is 9.47 Å². The van der Waals surface area contributed by atoms with Gasteiger partial charge in [-0.15, -0.1) is 0 Å². The number of hydrogen-bond acceptors (Lipinski definition) is 3. The zero-order chi connectivity index (χ0) is 8.93. The van der Waals surface area contributed by atoms with Gasteiger partial charge in [-0.05, 0) is 12.8 Å². The van der Waals surface area contributed by atoms with Crippen molar-refractivity contribution in [3.8, 4) is 0 Å². The summed E-state index contributed by atoms with van der Waals surface area (Å²) in [5.41, 5.74) is 1.48. The Hall–Kier alpha value is -0.380. The largest absolute Gasteiger partial charge is 0.380 e. The second-order valence-corrected chi connectivity index (χ2v) is 3.63. The molecule has 2 aliphatic rings. The van der Waals surface area contributed by atoms with E-state index in [1.807, 2.05) is 0 Å². The number of ether oxygens (including phenoxy) is 2. The summed E-state index contributed by atoms with van der Waals surface area (Å²) in [5.74, 6) is 0. The Morgan fingerprint density at radius 2 is 2.38 bits per heavy atom. The molecule has 1 saturated heterocycles. The summed E-state index contributed by atoms with van der Waals surface area (Å²) in [6.07, 6.45) is 4.43. The lowest BCUT2D eigenvalue weighted by Gasteiger charge is -2.16. The van der Waals surface area contributed by atoms with Crippen LogP contribution in [0.3, 0.4) is 0 Å². The molecule has 1 unspecified atom stereocenters. The van der Waals surface area contributed by atoms with Crippen molar-refractivity contribution in [2.24, 2.45) is 0 Å². The second kappa shape index (κ2) is 4.74. The summed E-state index contributed by atoms with van der Waals surface area (Å²) in [6.45, 7) is 4.48. The van der Waals surface area contributed by atoms with E-state index in [1.165, 1.54) is 5.57 Å². The highest BCUT2D eigenvalue weighted by Gasteiger charge is 2.15. The van der Waals surface area contributed by atoms with E-state index in [4.69, 9.17) is 9.47 Å². The van der Waals surface area contributed by atoms with Gasteiger partial charge in [0.05, 0.1) is 19.8 Å². The van der Waals surface area contributed by atoms with Crippen LogP contribution < -0.4 is 5.32 Å². The highest BCUT2D eigenvalue weighted by atomic mass is 16.5. The summed E-state index contributed by atoms with van der Waals surface area (Å²) in [6, 6.07) is 0.573. The maximum Gasteiger partial charge on any atom is 0.0650 e. The summed E-state index contributed by atoms with van der Waals surface area (Å²) in [7, 11) is 0. The zero-order valence-corrected chi connectivity index (χ0v) is 7.92. The third-order valence-electron chi connectivity index (χ3n) is 2.60. The lowest BCUT2D eigenvalue weighted by atomic mass is 10.1. The van der Waals surface area contributed by atoms with Crippen LogP contribution in [0.2, 0.25) is 0 Å². The third-order valence-corrected chi connectivity index (χ3v) is 2.60. The van der Waals surface area contributed by atoms with Crippen molar-refractivity contribution < 1.29 is 9.47 Å². The van der Waals surface area contributed by atoms with Crippen LogP contribution in [0, 0.1) is 0 Å². The molecule has 0 spiro atoms. The average Bonchev–Trinajstić information content (AvgIpc) is 2.69. The molecule has 0 amide bonds. The van der Waals surface area contributed by atoms with E-state index in [0.29, 0.717) is 6.04 Å². The first-order valence-corrected chi connectivity index (χ1v) is 5.02. The van der Waals surface area contributed by atoms with Crippen molar-refractivity contribution in [2.75, 3.05) is 33.0 Å². The standard InChI is InChI=1S/C10H17NO2/c1-4-12-5-2-9(1)7-11-10-3-6-13-8-10/h1,10-11H,2-8H2. The summed E-state index contributed by atoms with van der Waals surface area (Å²) in [5, 5.41) is 3.50. The fourth-order valence-corrected chi connectivity index (χ4v) is 1.70. The minimum absolute atomic E-state index is 0.573. The molecular weight excluding hydrogens is 166 g/mol. The Labute approximate surface area is 79.1 Å². The fraction of sp³-hybridized carbons (Fsp3) is 0.800. The molecule has 3 nitrogen and oxygen atoms in total. The fourth-order valence-electron chi connectivity index (χ4n) is 1.70. The molecule has 3 heteroatoms. The van der Waals surface area contributed by atoms with Gasteiger partial charge in [-0.3, -0.25) is 0 Å². The summed E-state index contributed by atoms with van der Waals surface area (Å²) in [4.78, 5) is 0. The second-order valence-electron chi connectivity index (χ2n) is 3.63. The molecular formula is C10H17NO2. The molecule has 0 aromatic rings. The molecule has 2 rings (SSSR count). The highest BCUT2D eigenvalue weighted by molar-refractivity contribution is 5.06. The van der Waals surface area contributed by atoms with Crippen LogP contribution in [0.15, 0.2) is 11.6 Å². The third kappa shape index (κ3) is 2.79. The normalized spacial score (nSPS) is 28.9. The molecule has 1 fully saturated rings. The van der Waals surface area contributed by atoms with Gasteiger partial charge in [0, 0.05) is 19.2 Å². The van der Waals surface area contributed by atoms with Crippen molar-refractivity contribution in [3.05, 3.63) is 11.6 Å². The number of hydrogen-bond donors (Lipinski definition) is 1. The van der Waals surface area contributed by atoms with E-state index >= 15 is 0 Å². The van der Waals surface area contributed by atoms with Gasteiger partial charge in [0.2, 0.25) is 0 Å². The van der Waals surface area contributed by atoms with Gasteiger partial charge in [-0.25, -0.2) is 0 Å². The molecule has 0 aromatic carbocycles. The molecule has 1 N–H and O–H groups in total. The lowest BCUT2D eigenvalue weighted by molar-refractivity contribution is 0.153. The Kier molecular flexibility index (Phi) is 3.35. The zero-order valence-electron chi connectivity index (χ0n) is 7.92. The predicted molar refractivity (Wildman–Crippen MR) is 50.7 cm³/mol. The molecule has 13 heavy (non-hydrogen) atoms. The van der Waals surface area contributed by atoms with Crippen molar-refractivity contribution >= 4 is 0 Å². The van der Waals surface area contributed by atoms with Crippen molar-refractivity contribution in [1.82, 2.24) is 5.32 Å². The Morgan fingerprint density at radius 3 is 3.08 bits per heavy atom. The molecule has 0 saturated carbocycles. The molecule has 2 aliphatic heterocycles. The van der Waals surface area contributed by atoms with Gasteiger partial charge in [-0.1, -0.05) is 11.6 Å². The van der Waals surface area contributed by atoms with Crippen LogP contribution in [0.1, 0.15) is 12.8 Å². The molecule has 0 aromatic heterocycles. The van der Waals surface area contributed by atoms with E-state index < -0.39 is 0 Å². The maximum absolute atomic E-state index is 5.29. The van der Waals surface area contributed by atoms with E-state index in [9.17, 15) is 0 Å². The molecule has 74 valence electrons. The van der Waals surface area contributed by atoms with Gasteiger partial charge in [0.1, 0.15) is 0 Å². The summed E-state index contributed by atoms with van der Waals surface area (Å²) >= 11 is 0. The van der Waals surface area contributed by atoms with Crippen LogP contribution >= 0.6 is 0 Å². The van der Waals surface area contributed by atoms with Gasteiger partial charge < -0.3 is 14.8 Å². The smallest absolute Gasteiger partial charge is 0.0650 e. The first kappa shape index (κ1) is 9.19. The minimum atomic E-state index is 0.573. The first-order valence-electron chi connectivity index (χ1n) is 5.02. The van der Waals surface area contributed by atoms with Crippen LogP contribution in [0.4, 0.5) is 0 Å². The van der Waals surface area contributed by atoms with E-state index in [0.717, 1.165) is 45.8 Å². The monoisotopic (exact) mass is 183 g/mol. The topological polar surface area (TPSA) is 30.5 Å². The molecule has 0 aliphatic carbocycles. The lowest BCUT2D eigenvalue weighted by Crippen LogP contribution is -2.31.